The summed E-state index contributed by atoms with van der Waals surface area (Å²) in [5, 5.41) is 9.20. The molecule has 1 aromatic rings. The third-order valence-corrected chi connectivity index (χ3v) is 3.10. The summed E-state index contributed by atoms with van der Waals surface area (Å²) in [5.74, 6) is 0.0744. The number of carbonyl (C=O) groups is 1. The number of aliphatic imine (C=N–C) groups is 1. The Labute approximate surface area is 110 Å². The van der Waals surface area contributed by atoms with E-state index in [2.05, 4.69) is 27.6 Å². The molecule has 1 N–H and O–H groups in total. The number of hydrogen-bond acceptors (Lipinski definition) is 3. The summed E-state index contributed by atoms with van der Waals surface area (Å²) in [6.45, 7) is 3.63. The van der Waals surface area contributed by atoms with Gasteiger partial charge in [-0.15, -0.1) is 0 Å². The van der Waals surface area contributed by atoms with Crippen LogP contribution in [0.3, 0.4) is 0 Å². The monoisotopic (exact) mass is 297 g/mol. The number of nitrogens with zero attached hydrogens (tertiary/aromatic N) is 1. The van der Waals surface area contributed by atoms with Gasteiger partial charge in [-0.2, -0.15) is 0 Å². The molecule has 0 aliphatic rings. The van der Waals surface area contributed by atoms with Crippen LogP contribution in [0.4, 0.5) is 0 Å². The van der Waals surface area contributed by atoms with Crippen LogP contribution in [0.5, 0.6) is 0 Å². The van der Waals surface area contributed by atoms with E-state index in [1.165, 1.54) is 0 Å². The normalized spacial score (nSPS) is 12.1. The van der Waals surface area contributed by atoms with Crippen molar-refractivity contribution in [3.63, 3.8) is 0 Å². The molecule has 1 unspecified atom stereocenters. The van der Waals surface area contributed by atoms with E-state index >= 15 is 0 Å². The number of Topliss-reactive ketones (excluding diaryl/α,β-unsaturated/α-hetero) is 1. The van der Waals surface area contributed by atoms with Crippen LogP contribution in [0, 0.1) is 0 Å². The molecule has 3 nitrogen and oxygen atoms in total. The molecule has 0 heterocycles. The van der Waals surface area contributed by atoms with Crippen molar-refractivity contribution in [3.05, 3.63) is 35.4 Å². The van der Waals surface area contributed by atoms with E-state index in [1.54, 1.807) is 0 Å². The molecule has 92 valence electrons. The van der Waals surface area contributed by atoms with Crippen LogP contribution in [0.2, 0.25) is 0 Å². The summed E-state index contributed by atoms with van der Waals surface area (Å²) in [4.78, 5) is 15.4. The second kappa shape index (κ2) is 7.35. The number of carbonyl (C=O) groups excluding carboxylic acids is 1. The van der Waals surface area contributed by atoms with Gasteiger partial charge < -0.3 is 5.11 Å². The van der Waals surface area contributed by atoms with Crippen molar-refractivity contribution in [2.45, 2.75) is 18.9 Å². The number of benzene rings is 1. The summed E-state index contributed by atoms with van der Waals surface area (Å²) in [5.41, 5.74) is 1.80. The maximum Gasteiger partial charge on any atom is 0.173 e. The van der Waals surface area contributed by atoms with Crippen molar-refractivity contribution in [2.75, 3.05) is 11.9 Å². The number of rotatable bonds is 7. The summed E-state index contributed by atoms with van der Waals surface area (Å²) < 4.78 is 0. The molecular weight excluding hydrogens is 282 g/mol. The summed E-state index contributed by atoms with van der Waals surface area (Å²) in [6, 6.07) is 7.52. The molecule has 0 bridgehead atoms. The van der Waals surface area contributed by atoms with Gasteiger partial charge in [0.2, 0.25) is 0 Å². The Kier molecular flexibility index (Phi) is 6.08. The van der Waals surface area contributed by atoms with E-state index in [1.807, 2.05) is 24.3 Å². The molecule has 1 aromatic carbocycles. The standard InChI is InChI=1S/C13H16BrNO2/c1-15-12(6-7-16)8-10-2-4-11(5-3-10)13(17)9-14/h2-5,12,16H,1,6-9H2. The van der Waals surface area contributed by atoms with Crippen LogP contribution in [0.25, 0.3) is 0 Å². The summed E-state index contributed by atoms with van der Waals surface area (Å²) in [7, 11) is 0. The van der Waals surface area contributed by atoms with Gasteiger partial charge in [0.1, 0.15) is 0 Å². The molecule has 0 saturated heterocycles. The molecule has 1 rings (SSSR count). The number of hydrogen-bond donors (Lipinski definition) is 1. The van der Waals surface area contributed by atoms with E-state index < -0.39 is 0 Å². The lowest BCUT2D eigenvalue weighted by Gasteiger charge is -2.10. The number of aliphatic hydroxyl groups is 1. The maximum absolute atomic E-state index is 11.4. The molecule has 0 spiro atoms. The SMILES string of the molecule is C=NC(CCO)Cc1ccc(C(=O)CBr)cc1. The third kappa shape index (κ3) is 4.40. The lowest BCUT2D eigenvalue weighted by Crippen LogP contribution is -2.10. The van der Waals surface area contributed by atoms with Crippen LogP contribution in [-0.2, 0) is 6.42 Å². The number of ketones is 1. The van der Waals surface area contributed by atoms with Gasteiger partial charge in [-0.3, -0.25) is 9.79 Å². The fraction of sp³-hybridized carbons (Fsp3) is 0.385. The van der Waals surface area contributed by atoms with E-state index in [4.69, 9.17) is 5.11 Å². The molecule has 0 amide bonds. The zero-order valence-electron chi connectivity index (χ0n) is 9.60. The first kappa shape index (κ1) is 14.1. The molecule has 0 aliphatic carbocycles. The quantitative estimate of drug-likeness (QED) is 0.477. The predicted molar refractivity (Wildman–Crippen MR) is 73.3 cm³/mol. The van der Waals surface area contributed by atoms with Gasteiger partial charge in [0.15, 0.2) is 5.78 Å². The highest BCUT2D eigenvalue weighted by Gasteiger charge is 2.07. The molecule has 4 heteroatoms. The van der Waals surface area contributed by atoms with Crippen molar-refractivity contribution >= 4 is 28.4 Å². The highest BCUT2D eigenvalue weighted by molar-refractivity contribution is 9.09. The molecule has 0 radical (unpaired) electrons. The first-order valence-electron chi connectivity index (χ1n) is 5.46. The van der Waals surface area contributed by atoms with Gasteiger partial charge in [0.05, 0.1) is 11.4 Å². The van der Waals surface area contributed by atoms with Gasteiger partial charge in [0.25, 0.3) is 0 Å². The van der Waals surface area contributed by atoms with Crippen molar-refractivity contribution in [1.29, 1.82) is 0 Å². The van der Waals surface area contributed by atoms with Gasteiger partial charge in [-0.1, -0.05) is 40.2 Å². The lowest BCUT2D eigenvalue weighted by molar-refractivity contribution is 0.102. The molecule has 0 aromatic heterocycles. The molecule has 1 atom stereocenters. The van der Waals surface area contributed by atoms with Gasteiger partial charge >= 0.3 is 0 Å². The largest absolute Gasteiger partial charge is 0.396 e. The highest BCUT2D eigenvalue weighted by atomic mass is 79.9. The second-order valence-electron chi connectivity index (χ2n) is 3.81. The van der Waals surface area contributed by atoms with Gasteiger partial charge in [0, 0.05) is 12.2 Å². The zero-order chi connectivity index (χ0) is 12.7. The van der Waals surface area contributed by atoms with Gasteiger partial charge in [-0.25, -0.2) is 0 Å². The van der Waals surface area contributed by atoms with Crippen molar-refractivity contribution in [2.24, 2.45) is 4.99 Å². The molecule has 0 fully saturated rings. The summed E-state index contributed by atoms with van der Waals surface area (Å²) >= 11 is 3.14. The van der Waals surface area contributed by atoms with E-state index in [0.717, 1.165) is 12.0 Å². The van der Waals surface area contributed by atoms with Gasteiger partial charge in [-0.05, 0) is 25.1 Å². The highest BCUT2D eigenvalue weighted by Crippen LogP contribution is 2.11. The third-order valence-electron chi connectivity index (χ3n) is 2.59. The molecule has 17 heavy (non-hydrogen) atoms. The average molecular weight is 298 g/mol. The lowest BCUT2D eigenvalue weighted by atomic mass is 10.0. The number of aliphatic hydroxyl groups excluding tert-OH is 1. The van der Waals surface area contributed by atoms with E-state index in [9.17, 15) is 4.79 Å². The first-order valence-corrected chi connectivity index (χ1v) is 6.58. The minimum atomic E-state index is 0.0396. The van der Waals surface area contributed by atoms with Crippen LogP contribution in [0.1, 0.15) is 22.3 Å². The Balaban J connectivity index is 2.67. The Morgan fingerprint density at radius 1 is 1.41 bits per heavy atom. The first-order chi connectivity index (χ1) is 8.21. The predicted octanol–water partition coefficient (Wildman–Crippen LogP) is 2.26. The second-order valence-corrected chi connectivity index (χ2v) is 4.37. The Hall–Kier alpha value is -1.00. The van der Waals surface area contributed by atoms with Crippen molar-refractivity contribution in [3.8, 4) is 0 Å². The topological polar surface area (TPSA) is 49.7 Å². The zero-order valence-corrected chi connectivity index (χ0v) is 11.2. The van der Waals surface area contributed by atoms with Crippen LogP contribution < -0.4 is 0 Å². The fourth-order valence-electron chi connectivity index (χ4n) is 1.58. The Morgan fingerprint density at radius 2 is 2.06 bits per heavy atom. The van der Waals surface area contributed by atoms with Crippen molar-refractivity contribution in [1.82, 2.24) is 0 Å². The maximum atomic E-state index is 11.4. The Bertz CT molecular complexity index is 376. The van der Waals surface area contributed by atoms with Crippen LogP contribution in [0.15, 0.2) is 29.3 Å². The number of halogens is 1. The average Bonchev–Trinajstić information content (AvgIpc) is 2.38. The van der Waals surface area contributed by atoms with Crippen LogP contribution in [-0.4, -0.2) is 35.6 Å². The van der Waals surface area contributed by atoms with E-state index in [0.29, 0.717) is 17.3 Å². The van der Waals surface area contributed by atoms with Crippen molar-refractivity contribution < 1.29 is 9.90 Å². The van der Waals surface area contributed by atoms with Crippen LogP contribution >= 0.6 is 15.9 Å². The Morgan fingerprint density at radius 3 is 2.53 bits per heavy atom. The fourth-order valence-corrected chi connectivity index (χ4v) is 1.91. The molecular formula is C13H16BrNO2. The van der Waals surface area contributed by atoms with E-state index in [-0.39, 0.29) is 18.4 Å². The minimum Gasteiger partial charge on any atom is -0.396 e. The molecule has 0 saturated carbocycles. The summed E-state index contributed by atoms with van der Waals surface area (Å²) in [6.07, 6.45) is 1.36. The smallest absolute Gasteiger partial charge is 0.173 e. The minimum absolute atomic E-state index is 0.0396. The molecule has 0 aliphatic heterocycles. The number of alkyl halides is 1.